The van der Waals surface area contributed by atoms with Crippen LogP contribution in [0.2, 0.25) is 0 Å². The zero-order valence-electron chi connectivity index (χ0n) is 17.5. The molecule has 0 spiro atoms. The number of nitrogens with one attached hydrogen (secondary N) is 1. The number of hydrogen-bond donors (Lipinski definition) is 1. The van der Waals surface area contributed by atoms with Crippen molar-refractivity contribution < 1.29 is 19.0 Å². The Bertz CT molecular complexity index is 763. The van der Waals surface area contributed by atoms with E-state index in [-0.39, 0.29) is 11.3 Å². The Kier molecular flexibility index (Phi) is 7.73. The molecule has 152 valence electrons. The maximum Gasteiger partial charge on any atom is 0.220 e. The predicted molar refractivity (Wildman–Crippen MR) is 112 cm³/mol. The summed E-state index contributed by atoms with van der Waals surface area (Å²) in [6.45, 7) is 7.46. The fourth-order valence-electron chi connectivity index (χ4n) is 2.79. The van der Waals surface area contributed by atoms with Gasteiger partial charge < -0.3 is 19.5 Å². The van der Waals surface area contributed by atoms with E-state index in [1.54, 1.807) is 14.2 Å². The van der Waals surface area contributed by atoms with Gasteiger partial charge in [0.1, 0.15) is 12.4 Å². The van der Waals surface area contributed by atoms with Gasteiger partial charge in [-0.15, -0.1) is 0 Å². The summed E-state index contributed by atoms with van der Waals surface area (Å²) in [6, 6.07) is 13.8. The van der Waals surface area contributed by atoms with E-state index in [1.807, 2.05) is 30.3 Å². The molecule has 0 bridgehead atoms. The van der Waals surface area contributed by atoms with Crippen molar-refractivity contribution in [3.63, 3.8) is 0 Å². The molecule has 0 saturated heterocycles. The van der Waals surface area contributed by atoms with E-state index in [1.165, 1.54) is 5.56 Å². The minimum atomic E-state index is 0.00136. The molecular weight excluding hydrogens is 354 g/mol. The van der Waals surface area contributed by atoms with E-state index in [2.05, 4.69) is 38.2 Å². The molecular formula is C23H31NO4. The molecule has 0 unspecified atom stereocenters. The highest BCUT2D eigenvalue weighted by Crippen LogP contribution is 2.28. The van der Waals surface area contributed by atoms with Gasteiger partial charge in [0.25, 0.3) is 0 Å². The summed E-state index contributed by atoms with van der Waals surface area (Å²) in [5.41, 5.74) is 2.42. The van der Waals surface area contributed by atoms with Crippen LogP contribution in [-0.2, 0) is 16.6 Å². The van der Waals surface area contributed by atoms with Gasteiger partial charge in [0.05, 0.1) is 20.8 Å². The highest BCUT2D eigenvalue weighted by atomic mass is 16.5. The first kappa shape index (κ1) is 21.6. The van der Waals surface area contributed by atoms with Crippen molar-refractivity contribution in [1.82, 2.24) is 5.32 Å². The average molecular weight is 386 g/mol. The molecule has 2 rings (SSSR count). The molecule has 1 N–H and O–H groups in total. The lowest BCUT2D eigenvalue weighted by Gasteiger charge is -2.19. The third-order valence-electron chi connectivity index (χ3n) is 4.50. The number of carbonyl (C=O) groups excluding carboxylic acids is 1. The largest absolute Gasteiger partial charge is 0.493 e. The number of carbonyl (C=O) groups is 1. The monoisotopic (exact) mass is 385 g/mol. The second-order valence-corrected chi connectivity index (χ2v) is 7.66. The maximum absolute atomic E-state index is 12.0. The second kappa shape index (κ2) is 10.0. The van der Waals surface area contributed by atoms with E-state index in [9.17, 15) is 4.79 Å². The highest BCUT2D eigenvalue weighted by Gasteiger charge is 2.13. The van der Waals surface area contributed by atoms with Crippen LogP contribution in [0.25, 0.3) is 0 Å². The lowest BCUT2D eigenvalue weighted by Crippen LogP contribution is -2.28. The zero-order valence-corrected chi connectivity index (χ0v) is 17.5. The summed E-state index contributed by atoms with van der Waals surface area (Å²) in [4.78, 5) is 12.0. The summed E-state index contributed by atoms with van der Waals surface area (Å²) in [7, 11) is 3.21. The summed E-state index contributed by atoms with van der Waals surface area (Å²) >= 11 is 0. The molecule has 0 radical (unpaired) electrons. The van der Waals surface area contributed by atoms with Crippen molar-refractivity contribution in [3.05, 3.63) is 53.6 Å². The molecule has 1 amide bonds. The number of ether oxygens (including phenoxy) is 3. The van der Waals surface area contributed by atoms with Crippen molar-refractivity contribution >= 4 is 5.91 Å². The highest BCUT2D eigenvalue weighted by molar-refractivity contribution is 5.76. The molecule has 0 aliphatic carbocycles. The molecule has 0 aliphatic rings. The number of aryl methyl sites for hydroxylation is 1. The van der Waals surface area contributed by atoms with Crippen LogP contribution in [0.1, 0.15) is 38.3 Å². The SMILES string of the molecule is COc1ccc(CCC(=O)NCCOc2ccc(C(C)(C)C)cc2)cc1OC. The van der Waals surface area contributed by atoms with Gasteiger partial charge in [0, 0.05) is 6.42 Å². The number of hydrogen-bond acceptors (Lipinski definition) is 4. The van der Waals surface area contributed by atoms with E-state index < -0.39 is 0 Å². The van der Waals surface area contributed by atoms with Gasteiger partial charge in [-0.2, -0.15) is 0 Å². The number of rotatable bonds is 9. The van der Waals surface area contributed by atoms with Crippen LogP contribution in [0.4, 0.5) is 0 Å². The van der Waals surface area contributed by atoms with Crippen LogP contribution in [0.5, 0.6) is 17.2 Å². The van der Waals surface area contributed by atoms with E-state index >= 15 is 0 Å². The smallest absolute Gasteiger partial charge is 0.220 e. The van der Waals surface area contributed by atoms with Crippen molar-refractivity contribution in [2.24, 2.45) is 0 Å². The van der Waals surface area contributed by atoms with Gasteiger partial charge in [-0.1, -0.05) is 39.0 Å². The summed E-state index contributed by atoms with van der Waals surface area (Å²) in [5.74, 6) is 2.17. The fraction of sp³-hybridized carbons (Fsp3) is 0.435. The third-order valence-corrected chi connectivity index (χ3v) is 4.50. The van der Waals surface area contributed by atoms with E-state index in [4.69, 9.17) is 14.2 Å². The lowest BCUT2D eigenvalue weighted by atomic mass is 9.87. The molecule has 5 nitrogen and oxygen atoms in total. The Hall–Kier alpha value is -2.69. The standard InChI is InChI=1S/C23H31NO4/c1-23(2,3)18-8-10-19(11-9-18)28-15-14-24-22(25)13-7-17-6-12-20(26-4)21(16-17)27-5/h6,8-12,16H,7,13-15H2,1-5H3,(H,24,25). The van der Waals surface area contributed by atoms with Gasteiger partial charge in [0.15, 0.2) is 11.5 Å². The Labute approximate surface area is 168 Å². The minimum Gasteiger partial charge on any atom is -0.493 e. The topological polar surface area (TPSA) is 56.8 Å². The number of methoxy groups -OCH3 is 2. The fourth-order valence-corrected chi connectivity index (χ4v) is 2.79. The van der Waals surface area contributed by atoms with Crippen LogP contribution in [0.3, 0.4) is 0 Å². The predicted octanol–water partition coefficient (Wildman–Crippen LogP) is 4.13. The van der Waals surface area contributed by atoms with Crippen LogP contribution in [0.15, 0.2) is 42.5 Å². The minimum absolute atomic E-state index is 0.00136. The van der Waals surface area contributed by atoms with Crippen molar-refractivity contribution in [1.29, 1.82) is 0 Å². The van der Waals surface area contributed by atoms with E-state index in [0.717, 1.165) is 11.3 Å². The summed E-state index contributed by atoms with van der Waals surface area (Å²) in [5, 5.41) is 2.89. The van der Waals surface area contributed by atoms with Crippen LogP contribution >= 0.6 is 0 Å². The van der Waals surface area contributed by atoms with Crippen LogP contribution in [-0.4, -0.2) is 33.3 Å². The quantitative estimate of drug-likeness (QED) is 0.660. The van der Waals surface area contributed by atoms with Gasteiger partial charge in [0.2, 0.25) is 5.91 Å². The average Bonchev–Trinajstić information content (AvgIpc) is 2.69. The van der Waals surface area contributed by atoms with Gasteiger partial charge in [-0.3, -0.25) is 4.79 Å². The Morgan fingerprint density at radius 2 is 1.64 bits per heavy atom. The first-order valence-electron chi connectivity index (χ1n) is 9.54. The normalized spacial score (nSPS) is 11.0. The number of amides is 1. The Balaban J connectivity index is 1.70. The molecule has 2 aromatic carbocycles. The molecule has 2 aromatic rings. The van der Waals surface area contributed by atoms with Crippen LogP contribution in [0, 0.1) is 0 Å². The molecule has 0 heterocycles. The van der Waals surface area contributed by atoms with Gasteiger partial charge in [-0.25, -0.2) is 0 Å². The molecule has 28 heavy (non-hydrogen) atoms. The van der Waals surface area contributed by atoms with Crippen molar-refractivity contribution in [3.8, 4) is 17.2 Å². The summed E-state index contributed by atoms with van der Waals surface area (Å²) in [6.07, 6.45) is 1.05. The molecule has 0 atom stereocenters. The maximum atomic E-state index is 12.0. The van der Waals surface area contributed by atoms with E-state index in [0.29, 0.717) is 37.5 Å². The molecule has 0 aliphatic heterocycles. The molecule has 0 saturated carbocycles. The number of benzene rings is 2. The molecule has 0 fully saturated rings. The summed E-state index contributed by atoms with van der Waals surface area (Å²) < 4.78 is 16.2. The van der Waals surface area contributed by atoms with Crippen LogP contribution < -0.4 is 19.5 Å². The Morgan fingerprint density at radius 3 is 2.25 bits per heavy atom. The van der Waals surface area contributed by atoms with Gasteiger partial charge in [-0.05, 0) is 47.2 Å². The second-order valence-electron chi connectivity index (χ2n) is 7.66. The molecule has 5 heteroatoms. The van der Waals surface area contributed by atoms with Crippen molar-refractivity contribution in [2.45, 2.75) is 39.0 Å². The van der Waals surface area contributed by atoms with Gasteiger partial charge >= 0.3 is 0 Å². The first-order valence-corrected chi connectivity index (χ1v) is 9.54. The first-order chi connectivity index (χ1) is 13.3. The lowest BCUT2D eigenvalue weighted by molar-refractivity contribution is -0.121. The zero-order chi connectivity index (χ0) is 20.6. The Morgan fingerprint density at radius 1 is 0.964 bits per heavy atom. The third kappa shape index (κ3) is 6.48. The molecule has 0 aromatic heterocycles. The van der Waals surface area contributed by atoms with Crippen molar-refractivity contribution in [2.75, 3.05) is 27.4 Å².